The van der Waals surface area contributed by atoms with Gasteiger partial charge >= 0.3 is 6.09 Å². The molecule has 0 saturated heterocycles. The number of carbonyl (C=O) groups excluding carboxylic acids is 1. The van der Waals surface area contributed by atoms with Crippen molar-refractivity contribution in [2.45, 2.75) is 38.3 Å². The quantitative estimate of drug-likeness (QED) is 0.350. The first-order valence-electron chi connectivity index (χ1n) is 10.7. The molecular weight excluding hydrogens is 429 g/mol. The van der Waals surface area contributed by atoms with Crippen LogP contribution in [-0.2, 0) is 7.05 Å². The molecule has 0 aliphatic heterocycles. The van der Waals surface area contributed by atoms with E-state index in [0.29, 0.717) is 5.69 Å². The van der Waals surface area contributed by atoms with Crippen LogP contribution in [-0.4, -0.2) is 44.0 Å². The number of aromatic nitrogens is 3. The summed E-state index contributed by atoms with van der Waals surface area (Å²) in [5, 5.41) is 22.8. The number of benzene rings is 1. The van der Waals surface area contributed by atoms with Crippen molar-refractivity contribution in [3.63, 3.8) is 0 Å². The van der Waals surface area contributed by atoms with Gasteiger partial charge in [-0.05, 0) is 49.9 Å². The molecule has 33 heavy (non-hydrogen) atoms. The van der Waals surface area contributed by atoms with E-state index < -0.39 is 23.9 Å². The second kappa shape index (κ2) is 8.93. The van der Waals surface area contributed by atoms with Gasteiger partial charge in [0.2, 0.25) is 0 Å². The number of anilines is 3. The molecule has 11 heteroatoms. The molecule has 2 atom stereocenters. The van der Waals surface area contributed by atoms with E-state index in [4.69, 9.17) is 10.8 Å². The molecule has 174 valence electrons. The van der Waals surface area contributed by atoms with E-state index in [0.717, 1.165) is 36.2 Å². The lowest BCUT2D eigenvalue weighted by Crippen LogP contribution is -2.50. The molecule has 2 aromatic heterocycles. The third kappa shape index (κ3) is 4.66. The summed E-state index contributed by atoms with van der Waals surface area (Å²) in [5.74, 6) is -1.39. The fourth-order valence-corrected chi connectivity index (χ4v) is 4.12. The molecule has 0 radical (unpaired) electrons. The first-order valence-corrected chi connectivity index (χ1v) is 10.7. The Hall–Kier alpha value is -3.89. The zero-order chi connectivity index (χ0) is 23.7. The predicted octanol–water partition coefficient (Wildman–Crippen LogP) is 3.19. The van der Waals surface area contributed by atoms with Crippen molar-refractivity contribution in [2.75, 3.05) is 10.6 Å². The van der Waals surface area contributed by atoms with Gasteiger partial charge in [0.25, 0.3) is 5.91 Å². The standard InChI is InChI=1S/C22H26FN7O3/c1-11(26-22(32)33)18(12-4-3-5-12)28-21-16(23)9-15(19(24)31)20(29-21)27-14-7-6-13-10-25-30(2)17(13)8-14/h6-12,18,26H,3-5H2,1-2H3,(H2,24,31)(H,32,33)(H2,27,28,29)/t11-,18-/m0/s1. The molecule has 2 amide bonds. The highest BCUT2D eigenvalue weighted by molar-refractivity contribution is 5.99. The molecule has 6 N–H and O–H groups in total. The molecule has 10 nitrogen and oxygen atoms in total. The van der Waals surface area contributed by atoms with Gasteiger partial charge in [0, 0.05) is 24.2 Å². The van der Waals surface area contributed by atoms with Crippen molar-refractivity contribution in [3.8, 4) is 0 Å². The Morgan fingerprint density at radius 1 is 1.27 bits per heavy atom. The van der Waals surface area contributed by atoms with Crippen LogP contribution in [0.1, 0.15) is 36.5 Å². The number of halogens is 1. The van der Waals surface area contributed by atoms with Crippen LogP contribution in [0.3, 0.4) is 0 Å². The summed E-state index contributed by atoms with van der Waals surface area (Å²) < 4.78 is 16.6. The topological polar surface area (TPSA) is 147 Å². The summed E-state index contributed by atoms with van der Waals surface area (Å²) in [4.78, 5) is 27.4. The minimum Gasteiger partial charge on any atom is -0.465 e. The van der Waals surface area contributed by atoms with Crippen LogP contribution in [0.2, 0.25) is 0 Å². The van der Waals surface area contributed by atoms with Gasteiger partial charge in [-0.2, -0.15) is 5.10 Å². The lowest BCUT2D eigenvalue weighted by molar-refractivity contribution is 0.1000. The van der Waals surface area contributed by atoms with Crippen LogP contribution < -0.4 is 21.7 Å². The molecule has 0 unspecified atom stereocenters. The number of aryl methyl sites for hydroxylation is 1. The van der Waals surface area contributed by atoms with Crippen molar-refractivity contribution < 1.29 is 19.1 Å². The second-order valence-corrected chi connectivity index (χ2v) is 8.35. The van der Waals surface area contributed by atoms with Crippen LogP contribution in [0.5, 0.6) is 0 Å². The van der Waals surface area contributed by atoms with Gasteiger partial charge in [0.05, 0.1) is 23.3 Å². The number of nitrogens with two attached hydrogens (primary N) is 1. The molecule has 1 aliphatic carbocycles. The first-order chi connectivity index (χ1) is 15.7. The smallest absolute Gasteiger partial charge is 0.404 e. The highest BCUT2D eigenvalue weighted by Crippen LogP contribution is 2.34. The number of pyridine rings is 1. The Morgan fingerprint density at radius 3 is 2.67 bits per heavy atom. The van der Waals surface area contributed by atoms with E-state index in [1.807, 2.05) is 19.2 Å². The van der Waals surface area contributed by atoms with Gasteiger partial charge in [0.1, 0.15) is 5.82 Å². The Morgan fingerprint density at radius 2 is 2.03 bits per heavy atom. The number of carboxylic acid groups (broad SMARTS) is 1. The average Bonchev–Trinajstić information content (AvgIpc) is 3.08. The van der Waals surface area contributed by atoms with Crippen molar-refractivity contribution >= 4 is 40.2 Å². The Labute approximate surface area is 189 Å². The number of amides is 2. The SMILES string of the molecule is C[C@H](NC(=O)O)[C@H](Nc1nc(Nc2ccc3cnn(C)c3c2)c(C(N)=O)cc1F)C1CCC1. The fraction of sp³-hybridized carbons (Fsp3) is 0.364. The van der Waals surface area contributed by atoms with Crippen molar-refractivity contribution in [1.82, 2.24) is 20.1 Å². The molecule has 1 aliphatic rings. The van der Waals surface area contributed by atoms with Crippen LogP contribution in [0, 0.1) is 11.7 Å². The summed E-state index contributed by atoms with van der Waals surface area (Å²) in [7, 11) is 1.81. The third-order valence-corrected chi connectivity index (χ3v) is 6.10. The highest BCUT2D eigenvalue weighted by Gasteiger charge is 2.33. The van der Waals surface area contributed by atoms with Crippen LogP contribution in [0.4, 0.5) is 26.5 Å². The van der Waals surface area contributed by atoms with E-state index in [1.165, 1.54) is 0 Å². The van der Waals surface area contributed by atoms with Gasteiger partial charge in [-0.1, -0.05) is 6.42 Å². The molecule has 2 heterocycles. The molecule has 3 aromatic rings. The maximum atomic E-state index is 14.9. The number of primary amides is 1. The minimum absolute atomic E-state index is 0.0833. The summed E-state index contributed by atoms with van der Waals surface area (Å²) >= 11 is 0. The zero-order valence-electron chi connectivity index (χ0n) is 18.3. The summed E-state index contributed by atoms with van der Waals surface area (Å²) in [5.41, 5.74) is 6.86. The van der Waals surface area contributed by atoms with E-state index in [2.05, 4.69) is 26.0 Å². The number of rotatable bonds is 8. The maximum absolute atomic E-state index is 14.9. The van der Waals surface area contributed by atoms with E-state index in [-0.39, 0.29) is 29.2 Å². The fourth-order valence-electron chi connectivity index (χ4n) is 4.12. The summed E-state index contributed by atoms with van der Waals surface area (Å²) in [6.07, 6.45) is 3.42. The normalized spacial score (nSPS) is 15.5. The number of nitrogens with zero attached hydrogens (tertiary/aromatic N) is 3. The van der Waals surface area contributed by atoms with E-state index in [1.54, 1.807) is 23.9 Å². The third-order valence-electron chi connectivity index (χ3n) is 6.10. The molecule has 4 rings (SSSR count). The summed E-state index contributed by atoms with van der Waals surface area (Å²) in [6, 6.07) is 5.69. The van der Waals surface area contributed by atoms with Gasteiger partial charge in [-0.25, -0.2) is 14.2 Å². The number of hydrogen-bond donors (Lipinski definition) is 5. The Bertz CT molecular complexity index is 1210. The largest absolute Gasteiger partial charge is 0.465 e. The molecule has 1 aromatic carbocycles. The number of carbonyl (C=O) groups is 2. The number of hydrogen-bond acceptors (Lipinski definition) is 6. The first kappa shape index (κ1) is 22.3. The number of nitrogens with one attached hydrogen (secondary N) is 3. The van der Waals surface area contributed by atoms with Crippen LogP contribution in [0.15, 0.2) is 30.5 Å². The second-order valence-electron chi connectivity index (χ2n) is 8.35. The summed E-state index contributed by atoms with van der Waals surface area (Å²) in [6.45, 7) is 1.72. The lowest BCUT2D eigenvalue weighted by Gasteiger charge is -2.38. The Kier molecular flexibility index (Phi) is 6.03. The van der Waals surface area contributed by atoms with E-state index in [9.17, 15) is 14.0 Å². The minimum atomic E-state index is -1.15. The van der Waals surface area contributed by atoms with Crippen LogP contribution >= 0.6 is 0 Å². The van der Waals surface area contributed by atoms with E-state index >= 15 is 0 Å². The van der Waals surface area contributed by atoms with Gasteiger partial charge in [0.15, 0.2) is 11.6 Å². The van der Waals surface area contributed by atoms with Gasteiger partial charge < -0.3 is 26.8 Å². The maximum Gasteiger partial charge on any atom is 0.404 e. The molecule has 0 bridgehead atoms. The van der Waals surface area contributed by atoms with Crippen molar-refractivity contribution in [3.05, 3.63) is 41.8 Å². The monoisotopic (exact) mass is 455 g/mol. The molecular formula is C22H26FN7O3. The van der Waals surface area contributed by atoms with Crippen molar-refractivity contribution in [2.24, 2.45) is 18.7 Å². The average molecular weight is 455 g/mol. The van der Waals surface area contributed by atoms with Crippen molar-refractivity contribution in [1.29, 1.82) is 0 Å². The Balaban J connectivity index is 1.67. The van der Waals surface area contributed by atoms with Crippen LogP contribution in [0.25, 0.3) is 10.9 Å². The molecule has 1 fully saturated rings. The predicted molar refractivity (Wildman–Crippen MR) is 122 cm³/mol. The highest BCUT2D eigenvalue weighted by atomic mass is 19.1. The van der Waals surface area contributed by atoms with Gasteiger partial charge in [-0.15, -0.1) is 0 Å². The molecule has 1 saturated carbocycles. The lowest BCUT2D eigenvalue weighted by atomic mass is 9.77. The number of fused-ring (bicyclic) bond motifs is 1. The van der Waals surface area contributed by atoms with Gasteiger partial charge in [-0.3, -0.25) is 9.48 Å². The molecule has 0 spiro atoms. The zero-order valence-corrected chi connectivity index (χ0v) is 18.3.